The lowest BCUT2D eigenvalue weighted by molar-refractivity contribution is -0.122. The van der Waals surface area contributed by atoms with Gasteiger partial charge < -0.3 is 5.32 Å². The highest BCUT2D eigenvalue weighted by Crippen LogP contribution is 2.26. The number of carbonyl (C=O) groups is 1. The summed E-state index contributed by atoms with van der Waals surface area (Å²) in [4.78, 5) is 24.9. The van der Waals surface area contributed by atoms with Crippen LogP contribution in [-0.2, 0) is 11.3 Å². The fourth-order valence-corrected chi connectivity index (χ4v) is 3.44. The second-order valence-corrected chi connectivity index (χ2v) is 6.89. The van der Waals surface area contributed by atoms with Crippen molar-refractivity contribution in [1.29, 1.82) is 0 Å². The van der Waals surface area contributed by atoms with E-state index in [1.165, 1.54) is 4.68 Å². The Morgan fingerprint density at radius 1 is 1.19 bits per heavy atom. The third kappa shape index (κ3) is 3.74. The van der Waals surface area contributed by atoms with Crippen LogP contribution in [0.3, 0.4) is 0 Å². The first kappa shape index (κ1) is 18.4. The zero-order valence-corrected chi connectivity index (χ0v) is 15.8. The minimum Gasteiger partial charge on any atom is -0.348 e. The second kappa shape index (κ2) is 7.48. The van der Waals surface area contributed by atoms with Crippen molar-refractivity contribution in [3.05, 3.63) is 74.1 Å². The van der Waals surface area contributed by atoms with Gasteiger partial charge in [0.25, 0.3) is 5.56 Å². The molecule has 0 aliphatic carbocycles. The van der Waals surface area contributed by atoms with Gasteiger partial charge in [-0.15, -0.1) is 0 Å². The molecule has 1 aromatic heterocycles. The molecule has 3 rings (SSSR count). The van der Waals surface area contributed by atoms with E-state index < -0.39 is 0 Å². The molecule has 7 heteroatoms. The van der Waals surface area contributed by atoms with E-state index >= 15 is 0 Å². The highest BCUT2D eigenvalue weighted by molar-refractivity contribution is 6.35. The van der Waals surface area contributed by atoms with E-state index in [1.807, 2.05) is 26.0 Å². The van der Waals surface area contributed by atoms with Gasteiger partial charge in [0.15, 0.2) is 0 Å². The van der Waals surface area contributed by atoms with Crippen LogP contribution in [0.15, 0.2) is 47.3 Å². The topological polar surface area (TPSA) is 64.0 Å². The van der Waals surface area contributed by atoms with Crippen molar-refractivity contribution in [3.8, 4) is 0 Å². The number of nitrogens with zero attached hydrogens (tertiary/aromatic N) is 2. The van der Waals surface area contributed by atoms with E-state index in [9.17, 15) is 9.59 Å². The summed E-state index contributed by atoms with van der Waals surface area (Å²) in [6, 6.07) is 12.0. The number of rotatable bonds is 4. The smallest absolute Gasteiger partial charge is 0.275 e. The van der Waals surface area contributed by atoms with E-state index in [2.05, 4.69) is 10.4 Å². The number of halogens is 2. The lowest BCUT2D eigenvalue weighted by atomic mass is 10.1. The first-order chi connectivity index (χ1) is 12.4. The minimum atomic E-state index is -0.329. The molecule has 26 heavy (non-hydrogen) atoms. The summed E-state index contributed by atoms with van der Waals surface area (Å²) >= 11 is 12.1. The van der Waals surface area contributed by atoms with Crippen LogP contribution in [0.5, 0.6) is 0 Å². The number of amides is 1. The summed E-state index contributed by atoms with van der Waals surface area (Å²) in [5.41, 5.74) is 1.15. The highest BCUT2D eigenvalue weighted by Gasteiger charge is 2.15. The van der Waals surface area contributed by atoms with Crippen molar-refractivity contribution in [2.24, 2.45) is 0 Å². The van der Waals surface area contributed by atoms with Crippen LogP contribution in [0.2, 0.25) is 10.0 Å². The summed E-state index contributed by atoms with van der Waals surface area (Å²) in [5, 5.41) is 9.42. The van der Waals surface area contributed by atoms with Gasteiger partial charge in [-0.1, -0.05) is 47.5 Å². The fourth-order valence-electron chi connectivity index (χ4n) is 2.87. The van der Waals surface area contributed by atoms with E-state index in [0.717, 1.165) is 10.9 Å². The third-order valence-corrected chi connectivity index (χ3v) is 4.71. The lowest BCUT2D eigenvalue weighted by Gasteiger charge is -2.16. The summed E-state index contributed by atoms with van der Waals surface area (Å²) in [7, 11) is 0. The SMILES string of the molecule is Cc1nn(CC(=O)NC(C)c2ccc(Cl)cc2Cl)c(=O)c2ccccc12. The molecule has 0 fully saturated rings. The van der Waals surface area contributed by atoms with Gasteiger partial charge in [-0.3, -0.25) is 9.59 Å². The predicted octanol–water partition coefficient (Wildman–Crippen LogP) is 3.89. The van der Waals surface area contributed by atoms with Crippen molar-refractivity contribution in [2.45, 2.75) is 26.4 Å². The lowest BCUT2D eigenvalue weighted by Crippen LogP contribution is -2.35. The molecule has 1 heterocycles. The van der Waals surface area contributed by atoms with E-state index in [-0.39, 0.29) is 24.1 Å². The Balaban J connectivity index is 1.81. The molecule has 2 aromatic carbocycles. The molecule has 0 bridgehead atoms. The molecule has 0 saturated heterocycles. The van der Waals surface area contributed by atoms with E-state index in [1.54, 1.807) is 30.3 Å². The first-order valence-electron chi connectivity index (χ1n) is 8.07. The van der Waals surface area contributed by atoms with Gasteiger partial charge in [-0.25, -0.2) is 4.68 Å². The number of hydrogen-bond donors (Lipinski definition) is 1. The molecule has 0 aliphatic heterocycles. The molecule has 134 valence electrons. The molecule has 0 radical (unpaired) electrons. The van der Waals surface area contributed by atoms with Gasteiger partial charge in [0.1, 0.15) is 6.54 Å². The maximum Gasteiger partial charge on any atom is 0.275 e. The van der Waals surface area contributed by atoms with Crippen molar-refractivity contribution < 1.29 is 4.79 Å². The van der Waals surface area contributed by atoms with Gasteiger partial charge in [-0.05, 0) is 37.6 Å². The van der Waals surface area contributed by atoms with Crippen molar-refractivity contribution in [2.75, 3.05) is 0 Å². The van der Waals surface area contributed by atoms with Crippen LogP contribution in [-0.4, -0.2) is 15.7 Å². The Morgan fingerprint density at radius 2 is 1.88 bits per heavy atom. The number of benzene rings is 2. The Kier molecular flexibility index (Phi) is 5.30. The van der Waals surface area contributed by atoms with Crippen LogP contribution in [0.1, 0.15) is 24.2 Å². The fraction of sp³-hybridized carbons (Fsp3) is 0.211. The average molecular weight is 390 g/mol. The number of aryl methyl sites for hydroxylation is 1. The summed E-state index contributed by atoms with van der Waals surface area (Å²) in [6.45, 7) is 3.46. The molecule has 1 atom stereocenters. The zero-order valence-electron chi connectivity index (χ0n) is 14.3. The molecule has 3 aromatic rings. The molecule has 5 nitrogen and oxygen atoms in total. The van der Waals surface area contributed by atoms with Crippen molar-refractivity contribution in [3.63, 3.8) is 0 Å². The maximum atomic E-state index is 12.5. The number of nitrogens with one attached hydrogen (secondary N) is 1. The number of carbonyl (C=O) groups excluding carboxylic acids is 1. The standard InChI is InChI=1S/C19H17Cl2N3O2/c1-11(15-8-7-13(20)9-17(15)21)22-18(25)10-24-19(26)16-6-4-3-5-14(16)12(2)23-24/h3-9,11H,10H2,1-2H3,(H,22,25). The van der Waals surface area contributed by atoms with E-state index in [4.69, 9.17) is 23.2 Å². The van der Waals surface area contributed by atoms with Crippen LogP contribution >= 0.6 is 23.2 Å². The molecule has 1 unspecified atom stereocenters. The summed E-state index contributed by atoms with van der Waals surface area (Å²) in [6.07, 6.45) is 0. The Labute approximate surface area is 160 Å². The van der Waals surface area contributed by atoms with E-state index in [0.29, 0.717) is 21.1 Å². The molecule has 1 amide bonds. The summed E-state index contributed by atoms with van der Waals surface area (Å²) < 4.78 is 1.18. The third-order valence-electron chi connectivity index (χ3n) is 4.15. The number of fused-ring (bicyclic) bond motifs is 1. The first-order valence-corrected chi connectivity index (χ1v) is 8.83. The largest absolute Gasteiger partial charge is 0.348 e. The van der Waals surface area contributed by atoms with Crippen LogP contribution in [0.25, 0.3) is 10.8 Å². The zero-order chi connectivity index (χ0) is 18.8. The second-order valence-electron chi connectivity index (χ2n) is 6.05. The Hall–Kier alpha value is -2.37. The molecule has 0 spiro atoms. The van der Waals surface area contributed by atoms with Crippen LogP contribution in [0, 0.1) is 6.92 Å². The maximum absolute atomic E-state index is 12.5. The summed E-state index contributed by atoms with van der Waals surface area (Å²) in [5.74, 6) is -0.326. The minimum absolute atomic E-state index is 0.167. The van der Waals surface area contributed by atoms with Crippen LogP contribution < -0.4 is 10.9 Å². The van der Waals surface area contributed by atoms with Gasteiger partial charge >= 0.3 is 0 Å². The van der Waals surface area contributed by atoms with Gasteiger partial charge in [0.2, 0.25) is 5.91 Å². The molecular formula is C19H17Cl2N3O2. The average Bonchev–Trinajstić information content (AvgIpc) is 2.59. The Bertz CT molecular complexity index is 1050. The van der Waals surface area contributed by atoms with Gasteiger partial charge in [-0.2, -0.15) is 5.10 Å². The molecule has 0 aliphatic rings. The van der Waals surface area contributed by atoms with Gasteiger partial charge in [0.05, 0.1) is 17.1 Å². The predicted molar refractivity (Wildman–Crippen MR) is 104 cm³/mol. The number of hydrogen-bond acceptors (Lipinski definition) is 3. The van der Waals surface area contributed by atoms with Crippen molar-refractivity contribution in [1.82, 2.24) is 15.1 Å². The monoisotopic (exact) mass is 389 g/mol. The quantitative estimate of drug-likeness (QED) is 0.735. The van der Waals surface area contributed by atoms with Gasteiger partial charge in [0, 0.05) is 15.4 Å². The molecule has 1 N–H and O–H groups in total. The Morgan fingerprint density at radius 3 is 2.58 bits per heavy atom. The van der Waals surface area contributed by atoms with Crippen LogP contribution in [0.4, 0.5) is 0 Å². The van der Waals surface area contributed by atoms with Crippen molar-refractivity contribution >= 4 is 39.9 Å². The number of aromatic nitrogens is 2. The normalized spacial score (nSPS) is 12.2. The highest BCUT2D eigenvalue weighted by atomic mass is 35.5. The molecule has 0 saturated carbocycles. The molecular weight excluding hydrogens is 373 g/mol.